The molecule has 0 spiro atoms. The topological polar surface area (TPSA) is 67.9 Å². The normalized spacial score (nSPS) is 22.7. The lowest BCUT2D eigenvalue weighted by atomic mass is 9.74. The molecule has 2 aromatic rings. The molecule has 0 amide bonds. The lowest BCUT2D eigenvalue weighted by molar-refractivity contribution is 0.0595. The summed E-state index contributed by atoms with van der Waals surface area (Å²) in [6, 6.07) is 4.60. The second-order valence-electron chi connectivity index (χ2n) is 8.39. The minimum absolute atomic E-state index is 0.0278. The van der Waals surface area contributed by atoms with Crippen molar-refractivity contribution in [2.45, 2.75) is 18.4 Å². The second-order valence-corrected chi connectivity index (χ2v) is 8.39. The van der Waals surface area contributed by atoms with Crippen LogP contribution < -0.4 is 5.32 Å². The molecule has 1 N–H and O–H groups in total. The van der Waals surface area contributed by atoms with Crippen molar-refractivity contribution < 1.29 is 32.2 Å². The van der Waals surface area contributed by atoms with E-state index in [1.54, 1.807) is 7.11 Å². The van der Waals surface area contributed by atoms with E-state index in [0.29, 0.717) is 19.7 Å². The number of fused-ring (bicyclic) bond motifs is 1. The Hall–Kier alpha value is -2.91. The number of ketones is 1. The van der Waals surface area contributed by atoms with E-state index in [9.17, 15) is 22.8 Å². The summed E-state index contributed by atoms with van der Waals surface area (Å²) in [7, 11) is 2.75. The van der Waals surface area contributed by atoms with Crippen molar-refractivity contribution >= 4 is 17.4 Å². The number of carbonyl (C=O) groups is 2. The summed E-state index contributed by atoms with van der Waals surface area (Å²) in [4.78, 5) is 28.3. The zero-order valence-electron chi connectivity index (χ0n) is 18.4. The van der Waals surface area contributed by atoms with Crippen molar-refractivity contribution in [2.24, 2.45) is 5.92 Å². The highest BCUT2D eigenvalue weighted by molar-refractivity contribution is 6.14. The average Bonchev–Trinajstić information content (AvgIpc) is 3.26. The molecular weight excluding hydrogens is 437 g/mol. The van der Waals surface area contributed by atoms with Gasteiger partial charge in [-0.15, -0.1) is 0 Å². The Morgan fingerprint density at radius 2 is 1.94 bits per heavy atom. The number of esters is 1. The Morgan fingerprint density at radius 1 is 1.15 bits per heavy atom. The van der Waals surface area contributed by atoms with E-state index in [-0.39, 0.29) is 28.3 Å². The van der Waals surface area contributed by atoms with E-state index in [4.69, 9.17) is 9.47 Å². The molecule has 0 aromatic heterocycles. The van der Waals surface area contributed by atoms with E-state index in [1.807, 2.05) is 0 Å². The number of hydrogen-bond acceptors (Lipinski definition) is 6. The molecule has 9 heteroatoms. The van der Waals surface area contributed by atoms with Crippen LogP contribution >= 0.6 is 0 Å². The summed E-state index contributed by atoms with van der Waals surface area (Å²) in [5.41, 5.74) is -0.0916. The van der Waals surface area contributed by atoms with Gasteiger partial charge in [-0.25, -0.2) is 18.0 Å². The fraction of sp³-hybridized carbons (Fsp3) is 0.417. The van der Waals surface area contributed by atoms with Gasteiger partial charge in [-0.1, -0.05) is 6.07 Å². The van der Waals surface area contributed by atoms with Crippen molar-refractivity contribution in [3.05, 3.63) is 64.5 Å². The van der Waals surface area contributed by atoms with E-state index >= 15 is 0 Å². The maximum Gasteiger partial charge on any atom is 0.338 e. The van der Waals surface area contributed by atoms with Crippen LogP contribution in [0.5, 0.6) is 0 Å². The van der Waals surface area contributed by atoms with Crippen LogP contribution in [0.15, 0.2) is 30.3 Å². The third-order valence-corrected chi connectivity index (χ3v) is 6.44. The number of anilines is 1. The minimum atomic E-state index is -1.03. The zero-order valence-corrected chi connectivity index (χ0v) is 18.4. The highest BCUT2D eigenvalue weighted by Gasteiger charge is 2.45. The first kappa shape index (κ1) is 23.3. The van der Waals surface area contributed by atoms with Crippen LogP contribution in [0.4, 0.5) is 18.9 Å². The van der Waals surface area contributed by atoms with E-state index in [2.05, 4.69) is 10.2 Å². The highest BCUT2D eigenvalue weighted by atomic mass is 19.1. The third-order valence-electron chi connectivity index (χ3n) is 6.44. The number of halogens is 3. The van der Waals surface area contributed by atoms with Crippen molar-refractivity contribution in [1.29, 1.82) is 0 Å². The van der Waals surface area contributed by atoms with Gasteiger partial charge in [-0.3, -0.25) is 4.79 Å². The first-order chi connectivity index (χ1) is 15.8. The minimum Gasteiger partial charge on any atom is -0.465 e. The molecule has 1 saturated heterocycles. The molecule has 3 unspecified atom stereocenters. The van der Waals surface area contributed by atoms with E-state index in [1.165, 1.54) is 6.07 Å². The van der Waals surface area contributed by atoms with Gasteiger partial charge in [0, 0.05) is 43.6 Å². The smallest absolute Gasteiger partial charge is 0.338 e. The lowest BCUT2D eigenvalue weighted by Crippen LogP contribution is -2.45. The molecule has 2 heterocycles. The quantitative estimate of drug-likeness (QED) is 0.662. The van der Waals surface area contributed by atoms with Crippen molar-refractivity contribution in [3.8, 4) is 0 Å². The Bertz CT molecular complexity index is 1080. The van der Waals surface area contributed by atoms with Crippen molar-refractivity contribution in [3.63, 3.8) is 0 Å². The molecule has 6 nitrogen and oxygen atoms in total. The molecule has 2 aromatic carbocycles. The predicted molar refractivity (Wildman–Crippen MR) is 115 cm³/mol. The first-order valence-corrected chi connectivity index (χ1v) is 10.7. The van der Waals surface area contributed by atoms with Crippen LogP contribution in [0, 0.1) is 23.4 Å². The van der Waals surface area contributed by atoms with Gasteiger partial charge in [-0.2, -0.15) is 0 Å². The van der Waals surface area contributed by atoms with Gasteiger partial charge in [0.2, 0.25) is 0 Å². The number of hydrogen-bond donors (Lipinski definition) is 1. The molecule has 2 aliphatic heterocycles. The third kappa shape index (κ3) is 4.47. The molecule has 0 bridgehead atoms. The number of likely N-dealkylation sites (tertiary alicyclic amines) is 1. The number of methoxy groups -OCH3 is 2. The fourth-order valence-corrected chi connectivity index (χ4v) is 4.90. The van der Waals surface area contributed by atoms with Crippen LogP contribution in [0.2, 0.25) is 0 Å². The first-order valence-electron chi connectivity index (χ1n) is 10.7. The van der Waals surface area contributed by atoms with Gasteiger partial charge in [0.05, 0.1) is 30.8 Å². The number of nitrogens with one attached hydrogen (secondary N) is 1. The molecule has 0 aliphatic carbocycles. The Balaban J connectivity index is 1.80. The van der Waals surface area contributed by atoms with E-state index < -0.39 is 41.2 Å². The number of rotatable bonds is 6. The summed E-state index contributed by atoms with van der Waals surface area (Å²) < 4.78 is 52.7. The molecule has 4 rings (SSSR count). The van der Waals surface area contributed by atoms with Crippen molar-refractivity contribution in [2.75, 3.05) is 45.8 Å². The molecule has 0 radical (unpaired) electrons. The Morgan fingerprint density at radius 3 is 2.64 bits per heavy atom. The predicted octanol–water partition coefficient (Wildman–Crippen LogP) is 3.62. The van der Waals surface area contributed by atoms with Gasteiger partial charge in [-0.05, 0) is 37.1 Å². The SMILES string of the molecule is COCCN1CCC(C2Nc3cc(F)cc(C(=O)OC)c3C(=O)C2c2ccc(F)cc2F)C1. The zero-order chi connectivity index (χ0) is 23.7. The lowest BCUT2D eigenvalue weighted by Gasteiger charge is -2.38. The number of carbonyl (C=O) groups excluding carboxylic acids is 2. The number of Topliss-reactive ketones (excluding diaryl/α,β-unsaturated/α-hetero) is 1. The summed E-state index contributed by atoms with van der Waals surface area (Å²) in [5.74, 6) is -4.81. The van der Waals surface area contributed by atoms with Crippen LogP contribution in [-0.2, 0) is 9.47 Å². The summed E-state index contributed by atoms with van der Waals surface area (Å²) in [5, 5.41) is 3.21. The second kappa shape index (κ2) is 9.52. The molecule has 176 valence electrons. The van der Waals surface area contributed by atoms with Crippen LogP contribution in [0.1, 0.15) is 38.6 Å². The van der Waals surface area contributed by atoms with Gasteiger partial charge < -0.3 is 19.7 Å². The van der Waals surface area contributed by atoms with Crippen LogP contribution in [0.3, 0.4) is 0 Å². The molecule has 33 heavy (non-hydrogen) atoms. The highest BCUT2D eigenvalue weighted by Crippen LogP contribution is 2.42. The summed E-state index contributed by atoms with van der Waals surface area (Å²) in [6.07, 6.45) is 0.725. The largest absolute Gasteiger partial charge is 0.465 e. The standard InChI is InChI=1S/C24H25F3N2O4/c1-32-8-7-29-6-5-13(12-29)22-21(16-4-3-14(25)10-18(16)27)23(30)20-17(24(31)33-2)9-15(26)11-19(20)28-22/h3-4,9-11,13,21-22,28H,5-8,12H2,1-2H3. The monoisotopic (exact) mass is 462 g/mol. The molecule has 3 atom stereocenters. The van der Waals surface area contributed by atoms with Gasteiger partial charge in [0.1, 0.15) is 17.5 Å². The Kier molecular flexibility index (Phi) is 6.71. The molecule has 1 fully saturated rings. The average molecular weight is 462 g/mol. The van der Waals surface area contributed by atoms with Crippen molar-refractivity contribution in [1.82, 2.24) is 4.90 Å². The summed E-state index contributed by atoms with van der Waals surface area (Å²) >= 11 is 0. The van der Waals surface area contributed by atoms with Gasteiger partial charge >= 0.3 is 5.97 Å². The molecular formula is C24H25F3N2O4. The molecule has 0 saturated carbocycles. The van der Waals surface area contributed by atoms with Gasteiger partial charge in [0.15, 0.2) is 5.78 Å². The Labute approximate surface area is 189 Å². The number of ether oxygens (including phenoxy) is 2. The maximum absolute atomic E-state index is 14.9. The number of nitrogens with zero attached hydrogens (tertiary/aromatic N) is 1. The maximum atomic E-state index is 14.9. The van der Waals surface area contributed by atoms with Crippen LogP contribution in [0.25, 0.3) is 0 Å². The number of benzene rings is 2. The fourth-order valence-electron chi connectivity index (χ4n) is 4.90. The van der Waals surface area contributed by atoms with Crippen LogP contribution in [-0.4, -0.2) is 63.2 Å². The molecule has 2 aliphatic rings. The van der Waals surface area contributed by atoms with Gasteiger partial charge in [0.25, 0.3) is 0 Å². The van der Waals surface area contributed by atoms with E-state index in [0.717, 1.165) is 44.3 Å². The summed E-state index contributed by atoms with van der Waals surface area (Å²) in [6.45, 7) is 2.65.